The van der Waals surface area contributed by atoms with Crippen LogP contribution in [0.3, 0.4) is 0 Å². The van der Waals surface area contributed by atoms with E-state index >= 15 is 0 Å². The Labute approximate surface area is 224 Å². The van der Waals surface area contributed by atoms with Gasteiger partial charge in [-0.05, 0) is 79.7 Å². The van der Waals surface area contributed by atoms with Crippen LogP contribution in [0.1, 0.15) is 110 Å². The van der Waals surface area contributed by atoms with Crippen molar-refractivity contribution in [2.45, 2.75) is 131 Å². The average Bonchev–Trinajstić information content (AvgIpc) is 2.72. The lowest BCUT2D eigenvalue weighted by molar-refractivity contribution is -0.149. The van der Waals surface area contributed by atoms with E-state index in [1.54, 1.807) is 25.7 Å². The summed E-state index contributed by atoms with van der Waals surface area (Å²) in [6.07, 6.45) is 4.62. The van der Waals surface area contributed by atoms with Crippen molar-refractivity contribution in [1.29, 1.82) is 0 Å². The van der Waals surface area contributed by atoms with Crippen molar-refractivity contribution >= 4 is 17.9 Å². The Morgan fingerprint density at radius 3 is 1.92 bits per heavy atom. The zero-order chi connectivity index (χ0) is 28.1. The van der Waals surface area contributed by atoms with Crippen LogP contribution in [0.25, 0.3) is 0 Å². The Hall–Kier alpha value is -2.57. The van der Waals surface area contributed by atoms with Crippen molar-refractivity contribution < 1.29 is 19.1 Å². The van der Waals surface area contributed by atoms with E-state index in [2.05, 4.69) is 16.7 Å². The summed E-state index contributed by atoms with van der Waals surface area (Å²) in [6.45, 7) is 18.9. The van der Waals surface area contributed by atoms with Crippen molar-refractivity contribution in [3.05, 3.63) is 34.9 Å². The summed E-state index contributed by atoms with van der Waals surface area (Å²) < 4.78 is 5.46. The second-order valence-electron chi connectivity index (χ2n) is 12.9. The van der Waals surface area contributed by atoms with Crippen LogP contribution in [0.5, 0.6) is 0 Å². The predicted molar refractivity (Wildman–Crippen MR) is 148 cm³/mol. The fourth-order valence-corrected chi connectivity index (χ4v) is 5.06. The SMILES string of the molecule is Cc1cc(C)cc(C(C(=O)NC2CCCCC2)N(C(=O)C(NC(=O)OC(C)(C)C)C(C)C)C(C)(C)C)c1. The van der Waals surface area contributed by atoms with Crippen LogP contribution in [0.4, 0.5) is 4.79 Å². The molecule has 0 heterocycles. The third kappa shape index (κ3) is 9.04. The first kappa shape index (κ1) is 30.7. The summed E-state index contributed by atoms with van der Waals surface area (Å²) in [5.74, 6) is -0.706. The van der Waals surface area contributed by atoms with E-state index in [4.69, 9.17) is 4.74 Å². The molecule has 0 aromatic heterocycles. The largest absolute Gasteiger partial charge is 0.444 e. The van der Waals surface area contributed by atoms with E-state index in [-0.39, 0.29) is 23.8 Å². The Morgan fingerprint density at radius 2 is 1.46 bits per heavy atom. The predicted octanol–water partition coefficient (Wildman–Crippen LogP) is 5.97. The van der Waals surface area contributed by atoms with E-state index in [0.717, 1.165) is 42.4 Å². The Kier molecular flexibility index (Phi) is 10.2. The van der Waals surface area contributed by atoms with Gasteiger partial charge in [-0.2, -0.15) is 0 Å². The fraction of sp³-hybridized carbons (Fsp3) is 0.700. The van der Waals surface area contributed by atoms with Crippen LogP contribution in [-0.2, 0) is 14.3 Å². The molecule has 2 unspecified atom stereocenters. The van der Waals surface area contributed by atoms with E-state index in [9.17, 15) is 14.4 Å². The topological polar surface area (TPSA) is 87.7 Å². The van der Waals surface area contributed by atoms with E-state index < -0.39 is 29.3 Å². The number of nitrogens with zero attached hydrogens (tertiary/aromatic N) is 1. The minimum atomic E-state index is -0.857. The number of nitrogens with one attached hydrogen (secondary N) is 2. The van der Waals surface area contributed by atoms with Gasteiger partial charge in [-0.15, -0.1) is 0 Å². The molecule has 1 aliphatic rings. The number of hydrogen-bond donors (Lipinski definition) is 2. The minimum Gasteiger partial charge on any atom is -0.444 e. The molecule has 1 aromatic carbocycles. The molecule has 2 rings (SSSR count). The van der Waals surface area contributed by atoms with Crippen LogP contribution in [0.2, 0.25) is 0 Å². The molecule has 1 aliphatic carbocycles. The molecule has 7 nitrogen and oxygen atoms in total. The molecule has 1 fully saturated rings. The smallest absolute Gasteiger partial charge is 0.408 e. The minimum absolute atomic E-state index is 0.104. The average molecular weight is 516 g/mol. The molecule has 2 atom stereocenters. The molecule has 1 saturated carbocycles. The highest BCUT2D eigenvalue weighted by Crippen LogP contribution is 2.32. The summed E-state index contributed by atoms with van der Waals surface area (Å²) in [5, 5.41) is 6.05. The summed E-state index contributed by atoms with van der Waals surface area (Å²) in [4.78, 5) is 42.6. The number of benzene rings is 1. The van der Waals surface area contributed by atoms with E-state index in [1.165, 1.54) is 6.42 Å². The standard InChI is InChI=1S/C30H49N3O4/c1-19(2)24(32-28(36)37-30(8,9)10)27(35)33(29(5,6)7)25(22-17-20(3)16-21(4)18-22)26(34)31-23-14-12-11-13-15-23/h16-19,23-25H,11-15H2,1-10H3,(H,31,34)(H,32,36). The first-order valence-corrected chi connectivity index (χ1v) is 13.7. The number of hydrogen-bond acceptors (Lipinski definition) is 4. The van der Waals surface area contributed by atoms with Gasteiger partial charge in [0.2, 0.25) is 11.8 Å². The lowest BCUT2D eigenvalue weighted by atomic mass is 9.91. The molecule has 0 aliphatic heterocycles. The van der Waals surface area contributed by atoms with Crippen LogP contribution < -0.4 is 10.6 Å². The fourth-order valence-electron chi connectivity index (χ4n) is 5.06. The summed E-state index contributed by atoms with van der Waals surface area (Å²) >= 11 is 0. The summed E-state index contributed by atoms with van der Waals surface area (Å²) in [6, 6.07) is 4.43. The molecule has 0 radical (unpaired) electrons. The van der Waals surface area contributed by atoms with E-state index in [1.807, 2.05) is 60.6 Å². The Bertz CT molecular complexity index is 932. The quantitative estimate of drug-likeness (QED) is 0.468. The number of carbonyl (C=O) groups is 3. The molecule has 37 heavy (non-hydrogen) atoms. The molecule has 0 saturated heterocycles. The third-order valence-electron chi connectivity index (χ3n) is 6.58. The maximum absolute atomic E-state index is 14.3. The molecule has 7 heteroatoms. The third-order valence-corrected chi connectivity index (χ3v) is 6.58. The summed E-state index contributed by atoms with van der Waals surface area (Å²) in [5.41, 5.74) is 1.43. The second kappa shape index (κ2) is 12.3. The van der Waals surface area contributed by atoms with Gasteiger partial charge in [0, 0.05) is 11.6 Å². The number of amides is 3. The highest BCUT2D eigenvalue weighted by molar-refractivity contribution is 5.93. The van der Waals surface area contributed by atoms with Crippen LogP contribution >= 0.6 is 0 Å². The molecule has 208 valence electrons. The number of aryl methyl sites for hydroxylation is 2. The number of alkyl carbamates (subject to hydrolysis) is 1. The van der Waals surface area contributed by atoms with Crippen molar-refractivity contribution in [3.8, 4) is 0 Å². The number of carbonyl (C=O) groups excluding carboxylic acids is 3. The van der Waals surface area contributed by atoms with Crippen molar-refractivity contribution in [3.63, 3.8) is 0 Å². The number of ether oxygens (including phenoxy) is 1. The monoisotopic (exact) mass is 515 g/mol. The maximum atomic E-state index is 14.3. The molecule has 0 bridgehead atoms. The lowest BCUT2D eigenvalue weighted by Crippen LogP contribution is -2.60. The molecule has 3 amide bonds. The van der Waals surface area contributed by atoms with Gasteiger partial charge >= 0.3 is 6.09 Å². The number of rotatable bonds is 7. The van der Waals surface area contributed by atoms with E-state index in [0.29, 0.717) is 0 Å². The molecule has 0 spiro atoms. The van der Waals surface area contributed by atoms with Gasteiger partial charge in [-0.3, -0.25) is 9.59 Å². The lowest BCUT2D eigenvalue weighted by Gasteiger charge is -2.44. The van der Waals surface area contributed by atoms with Gasteiger partial charge in [0.15, 0.2) is 0 Å². The van der Waals surface area contributed by atoms with Crippen molar-refractivity contribution in [1.82, 2.24) is 15.5 Å². The zero-order valence-corrected chi connectivity index (χ0v) is 24.7. The van der Waals surface area contributed by atoms with Gasteiger partial charge in [0.25, 0.3) is 0 Å². The molecule has 2 N–H and O–H groups in total. The summed E-state index contributed by atoms with van der Waals surface area (Å²) in [7, 11) is 0. The highest BCUT2D eigenvalue weighted by Gasteiger charge is 2.43. The second-order valence-corrected chi connectivity index (χ2v) is 12.9. The first-order valence-electron chi connectivity index (χ1n) is 13.7. The maximum Gasteiger partial charge on any atom is 0.408 e. The van der Waals surface area contributed by atoms with Gasteiger partial charge < -0.3 is 20.3 Å². The zero-order valence-electron chi connectivity index (χ0n) is 24.7. The first-order chi connectivity index (χ1) is 17.0. The molecule has 1 aromatic rings. The van der Waals surface area contributed by atoms with Crippen LogP contribution in [-0.4, -0.2) is 46.0 Å². The van der Waals surface area contributed by atoms with Crippen LogP contribution in [0.15, 0.2) is 18.2 Å². The normalized spacial score (nSPS) is 16.6. The van der Waals surface area contributed by atoms with Crippen molar-refractivity contribution in [2.75, 3.05) is 0 Å². The van der Waals surface area contributed by atoms with Gasteiger partial charge in [-0.1, -0.05) is 62.4 Å². The Morgan fingerprint density at radius 1 is 0.919 bits per heavy atom. The molecular formula is C30H49N3O4. The van der Waals surface area contributed by atoms with Gasteiger partial charge in [-0.25, -0.2) is 4.79 Å². The van der Waals surface area contributed by atoms with Gasteiger partial charge in [0.1, 0.15) is 17.7 Å². The Balaban J connectivity index is 2.55. The van der Waals surface area contributed by atoms with Crippen LogP contribution in [0, 0.1) is 19.8 Å². The van der Waals surface area contributed by atoms with Crippen molar-refractivity contribution in [2.24, 2.45) is 5.92 Å². The highest BCUT2D eigenvalue weighted by atomic mass is 16.6. The van der Waals surface area contributed by atoms with Gasteiger partial charge in [0.05, 0.1) is 0 Å². The molecular weight excluding hydrogens is 466 g/mol.